The summed E-state index contributed by atoms with van der Waals surface area (Å²) in [4.78, 5) is 8.35. The maximum atomic E-state index is 4.64. The Balaban J connectivity index is 2.02. The van der Waals surface area contributed by atoms with Crippen LogP contribution in [-0.2, 0) is 0 Å². The third-order valence-corrected chi connectivity index (χ3v) is 3.91. The molecule has 0 amide bonds. The molecule has 0 N–H and O–H groups in total. The van der Waals surface area contributed by atoms with Crippen LogP contribution in [0.3, 0.4) is 0 Å². The summed E-state index contributed by atoms with van der Waals surface area (Å²) in [5, 5.41) is 1.17. The summed E-state index contributed by atoms with van der Waals surface area (Å²) in [5.41, 5.74) is 2.64. The second kappa shape index (κ2) is 3.67. The van der Waals surface area contributed by atoms with Gasteiger partial charge in [-0.05, 0) is 19.4 Å². The summed E-state index contributed by atoms with van der Waals surface area (Å²) in [6.45, 7) is 5.37. The van der Waals surface area contributed by atoms with Gasteiger partial charge in [-0.3, -0.25) is 4.99 Å². The van der Waals surface area contributed by atoms with Gasteiger partial charge >= 0.3 is 0 Å². The van der Waals surface area contributed by atoms with Crippen molar-refractivity contribution in [2.45, 2.75) is 19.9 Å². The Morgan fingerprint density at radius 1 is 1.31 bits per heavy atom. The maximum absolute atomic E-state index is 4.64. The van der Waals surface area contributed by atoms with Crippen LogP contribution in [-0.4, -0.2) is 22.7 Å². The normalized spacial score (nSPS) is 23.8. The Hall–Kier alpha value is -1.22. The fourth-order valence-electron chi connectivity index (χ4n) is 2.24. The van der Waals surface area contributed by atoms with Crippen LogP contribution in [0.15, 0.2) is 40.2 Å². The Labute approximate surface area is 100 Å². The quantitative estimate of drug-likeness (QED) is 0.736. The van der Waals surface area contributed by atoms with E-state index in [2.05, 4.69) is 54.1 Å². The van der Waals surface area contributed by atoms with E-state index in [0.29, 0.717) is 6.04 Å². The number of benzene rings is 1. The first-order valence-electron chi connectivity index (χ1n) is 5.55. The van der Waals surface area contributed by atoms with Gasteiger partial charge in [0.2, 0.25) is 0 Å². The van der Waals surface area contributed by atoms with Crippen molar-refractivity contribution in [3.63, 3.8) is 0 Å². The monoisotopic (exact) mass is 230 g/mol. The molecule has 0 aromatic heterocycles. The van der Waals surface area contributed by atoms with Crippen molar-refractivity contribution in [2.75, 3.05) is 6.54 Å². The lowest BCUT2D eigenvalue weighted by molar-refractivity contribution is 0.584. The zero-order chi connectivity index (χ0) is 11.1. The predicted octanol–water partition coefficient (Wildman–Crippen LogP) is 3.18. The van der Waals surface area contributed by atoms with E-state index in [0.717, 1.165) is 6.54 Å². The van der Waals surface area contributed by atoms with Crippen LogP contribution >= 0.6 is 11.8 Å². The second-order valence-electron chi connectivity index (χ2n) is 4.24. The van der Waals surface area contributed by atoms with Gasteiger partial charge in [0.1, 0.15) is 0 Å². The highest BCUT2D eigenvalue weighted by Crippen LogP contribution is 2.42. The average Bonchev–Trinajstić information content (AvgIpc) is 2.74. The molecule has 3 rings (SSSR count). The van der Waals surface area contributed by atoms with Gasteiger partial charge in [-0.1, -0.05) is 42.1 Å². The molecule has 2 heterocycles. The average molecular weight is 230 g/mol. The summed E-state index contributed by atoms with van der Waals surface area (Å²) in [6, 6.07) is 11.0. The molecule has 0 spiro atoms. The minimum absolute atomic E-state index is 0.425. The summed E-state index contributed by atoms with van der Waals surface area (Å²) >= 11 is 1.80. The lowest BCUT2D eigenvalue weighted by atomic mass is 10.1. The first-order chi connectivity index (χ1) is 7.75. The molecule has 2 aliphatic heterocycles. The standard InChI is InChI=1S/C13H14N2S/c1-9-8-15-12(10(2)16-13(15)14-9)11-6-4-3-5-7-11/h3-7,9H,8H2,1-2H3/t9-/m0/s1. The SMILES string of the molecule is CC1=C(c2ccccc2)N2C[C@H](C)N=C2S1. The molecule has 1 aromatic rings. The molecule has 0 aliphatic carbocycles. The third-order valence-electron chi connectivity index (χ3n) is 2.90. The van der Waals surface area contributed by atoms with Crippen LogP contribution in [0.4, 0.5) is 0 Å². The molecule has 0 fully saturated rings. The molecule has 1 aromatic carbocycles. The van der Waals surface area contributed by atoms with Crippen LogP contribution < -0.4 is 0 Å². The van der Waals surface area contributed by atoms with E-state index in [1.165, 1.54) is 21.3 Å². The lowest BCUT2D eigenvalue weighted by Gasteiger charge is -2.17. The van der Waals surface area contributed by atoms with Crippen LogP contribution in [0.1, 0.15) is 19.4 Å². The number of nitrogens with zero attached hydrogens (tertiary/aromatic N) is 2. The van der Waals surface area contributed by atoms with Gasteiger partial charge in [0, 0.05) is 11.4 Å². The Morgan fingerprint density at radius 3 is 2.81 bits per heavy atom. The molecule has 1 atom stereocenters. The Morgan fingerprint density at radius 2 is 2.06 bits per heavy atom. The van der Waals surface area contributed by atoms with E-state index in [9.17, 15) is 0 Å². The smallest absolute Gasteiger partial charge is 0.168 e. The van der Waals surface area contributed by atoms with Gasteiger partial charge < -0.3 is 4.90 Å². The molecule has 0 saturated heterocycles. The summed E-state index contributed by atoms with van der Waals surface area (Å²) in [7, 11) is 0. The zero-order valence-corrected chi connectivity index (χ0v) is 10.3. The van der Waals surface area contributed by atoms with Gasteiger partial charge in [0.05, 0.1) is 11.7 Å². The maximum Gasteiger partial charge on any atom is 0.168 e. The van der Waals surface area contributed by atoms with Gasteiger partial charge in [0.15, 0.2) is 5.17 Å². The van der Waals surface area contributed by atoms with E-state index in [4.69, 9.17) is 0 Å². The first-order valence-corrected chi connectivity index (χ1v) is 6.37. The largest absolute Gasteiger partial charge is 0.317 e. The highest BCUT2D eigenvalue weighted by Gasteiger charge is 2.33. The van der Waals surface area contributed by atoms with Crippen LogP contribution in [0.2, 0.25) is 0 Å². The molecule has 0 radical (unpaired) electrons. The number of amidine groups is 1. The summed E-state index contributed by atoms with van der Waals surface area (Å²) in [5.74, 6) is 0. The molecule has 82 valence electrons. The molecule has 0 unspecified atom stereocenters. The second-order valence-corrected chi connectivity index (χ2v) is 5.43. The molecule has 3 heteroatoms. The first kappa shape index (κ1) is 9.97. The van der Waals surface area contributed by atoms with Crippen molar-refractivity contribution in [1.29, 1.82) is 0 Å². The number of fused-ring (bicyclic) bond motifs is 1. The fourth-order valence-corrected chi connectivity index (χ4v) is 3.35. The van der Waals surface area contributed by atoms with E-state index < -0.39 is 0 Å². The highest BCUT2D eigenvalue weighted by atomic mass is 32.2. The summed E-state index contributed by atoms with van der Waals surface area (Å²) < 4.78 is 0. The topological polar surface area (TPSA) is 15.6 Å². The molecule has 16 heavy (non-hydrogen) atoms. The van der Waals surface area contributed by atoms with Crippen LogP contribution in [0, 0.1) is 0 Å². The van der Waals surface area contributed by atoms with Crippen molar-refractivity contribution in [1.82, 2.24) is 4.90 Å². The Kier molecular flexibility index (Phi) is 2.28. The minimum atomic E-state index is 0.425. The number of aliphatic imine (C=N–C) groups is 1. The van der Waals surface area contributed by atoms with Crippen LogP contribution in [0.25, 0.3) is 5.70 Å². The van der Waals surface area contributed by atoms with Crippen LogP contribution in [0.5, 0.6) is 0 Å². The number of hydrogen-bond acceptors (Lipinski definition) is 3. The van der Waals surface area contributed by atoms with Crippen molar-refractivity contribution in [2.24, 2.45) is 4.99 Å². The molecule has 0 saturated carbocycles. The van der Waals surface area contributed by atoms with Crippen molar-refractivity contribution < 1.29 is 0 Å². The summed E-state index contributed by atoms with van der Waals surface area (Å²) in [6.07, 6.45) is 0. The van der Waals surface area contributed by atoms with E-state index in [1.54, 1.807) is 11.8 Å². The third kappa shape index (κ3) is 1.47. The van der Waals surface area contributed by atoms with E-state index in [-0.39, 0.29) is 0 Å². The molecular formula is C13H14N2S. The zero-order valence-electron chi connectivity index (χ0n) is 9.47. The Bertz CT molecular complexity index is 476. The molecule has 0 bridgehead atoms. The number of thioether (sulfide) groups is 1. The van der Waals surface area contributed by atoms with Gasteiger partial charge in [0.25, 0.3) is 0 Å². The minimum Gasteiger partial charge on any atom is -0.317 e. The van der Waals surface area contributed by atoms with Crippen molar-refractivity contribution in [3.05, 3.63) is 40.8 Å². The van der Waals surface area contributed by atoms with Gasteiger partial charge in [-0.15, -0.1) is 0 Å². The number of hydrogen-bond donors (Lipinski definition) is 0. The van der Waals surface area contributed by atoms with Crippen molar-refractivity contribution in [3.8, 4) is 0 Å². The fraction of sp³-hybridized carbons (Fsp3) is 0.308. The predicted molar refractivity (Wildman–Crippen MR) is 70.2 cm³/mol. The molecule has 2 nitrogen and oxygen atoms in total. The number of rotatable bonds is 1. The molecule has 2 aliphatic rings. The van der Waals surface area contributed by atoms with E-state index >= 15 is 0 Å². The van der Waals surface area contributed by atoms with E-state index in [1.807, 2.05) is 0 Å². The van der Waals surface area contributed by atoms with Crippen molar-refractivity contribution >= 4 is 22.6 Å². The van der Waals surface area contributed by atoms with Gasteiger partial charge in [-0.25, -0.2) is 0 Å². The molecular weight excluding hydrogens is 216 g/mol. The lowest BCUT2D eigenvalue weighted by Crippen LogP contribution is -2.22. The number of allylic oxidation sites excluding steroid dienone is 1. The van der Waals surface area contributed by atoms with Gasteiger partial charge in [-0.2, -0.15) is 0 Å². The highest BCUT2D eigenvalue weighted by molar-refractivity contribution is 8.17.